The number of methoxy groups -OCH3 is 1. The number of para-hydroxylation sites is 2. The summed E-state index contributed by atoms with van der Waals surface area (Å²) in [5.74, 6) is -0.554. The van der Waals surface area contributed by atoms with Gasteiger partial charge in [0.1, 0.15) is 10.6 Å². The number of fused-ring (bicyclic) bond motifs is 2. The smallest absolute Gasteiger partial charge is 0.411 e. The molecule has 2 aliphatic heterocycles. The molecule has 0 saturated carbocycles. The number of pyridine rings is 2. The predicted octanol–water partition coefficient (Wildman–Crippen LogP) is 6.29. The van der Waals surface area contributed by atoms with Gasteiger partial charge in [0.15, 0.2) is 0 Å². The van der Waals surface area contributed by atoms with Gasteiger partial charge in [0.05, 0.1) is 23.9 Å². The Morgan fingerprint density at radius 1 is 0.915 bits per heavy atom. The van der Waals surface area contributed by atoms with Crippen LogP contribution in [-0.4, -0.2) is 55.5 Å². The second-order valence-corrected chi connectivity index (χ2v) is 13.6. The Kier molecular flexibility index (Phi) is 7.81. The highest BCUT2D eigenvalue weighted by molar-refractivity contribution is 7.93. The van der Waals surface area contributed by atoms with E-state index < -0.39 is 27.6 Å². The minimum absolute atomic E-state index is 0.00226. The molecule has 7 rings (SSSR count). The molecule has 3 aromatic carbocycles. The highest BCUT2D eigenvalue weighted by Crippen LogP contribution is 2.52. The normalized spacial score (nSPS) is 18.3. The molecule has 2 amide bonds. The number of benzene rings is 3. The molecule has 0 spiro atoms. The van der Waals surface area contributed by atoms with Crippen LogP contribution in [0.1, 0.15) is 35.4 Å². The number of anilines is 1. The van der Waals surface area contributed by atoms with Gasteiger partial charge in [-0.25, -0.2) is 13.2 Å². The van der Waals surface area contributed by atoms with Crippen LogP contribution < -0.4 is 9.04 Å². The van der Waals surface area contributed by atoms with E-state index >= 15 is 4.79 Å². The monoisotopic (exact) mass is 668 g/mol. The molecule has 0 radical (unpaired) electrons. The van der Waals surface area contributed by atoms with Crippen LogP contribution in [0, 0.1) is 0 Å². The molecule has 4 heterocycles. The largest absolute Gasteiger partial charge is 0.496 e. The lowest BCUT2D eigenvalue weighted by atomic mass is 9.86. The summed E-state index contributed by atoms with van der Waals surface area (Å²) in [6.07, 6.45) is 5.55. The number of hydrogen-bond donors (Lipinski definition) is 0. The van der Waals surface area contributed by atoms with E-state index in [-0.39, 0.29) is 43.9 Å². The zero-order chi connectivity index (χ0) is 32.8. The standard InChI is InChI=1S/C35H29ClN4O6S/c1-45-30-9-3-2-8-27(30)35(46-34(42)39-20-15-24(16-21-39)23-13-18-37-19-14-23)28-22-26(36)11-12-29(28)40(33(35)41)47(43,44)31-10-4-6-25-7-5-17-38-32(25)31/h2-14,17-19,22,24H,15-16,20-21H2,1H3. The van der Waals surface area contributed by atoms with Crippen LogP contribution in [0.5, 0.6) is 5.75 Å². The SMILES string of the molecule is COc1ccccc1C1(OC(=O)N2CCC(c3ccncc3)CC2)C(=O)N(S(=O)(=O)c2cccc3cccnc23)c2ccc(Cl)cc21. The van der Waals surface area contributed by atoms with Crippen molar-refractivity contribution in [2.45, 2.75) is 29.3 Å². The van der Waals surface area contributed by atoms with Gasteiger partial charge in [-0.1, -0.05) is 48.0 Å². The van der Waals surface area contributed by atoms with Gasteiger partial charge in [-0.15, -0.1) is 0 Å². The molecule has 238 valence electrons. The number of halogens is 1. The molecule has 0 N–H and O–H groups in total. The van der Waals surface area contributed by atoms with Crippen LogP contribution in [0.25, 0.3) is 10.9 Å². The first-order chi connectivity index (χ1) is 22.8. The number of amides is 2. The molecular weight excluding hydrogens is 640 g/mol. The van der Waals surface area contributed by atoms with Crippen LogP contribution in [-0.2, 0) is 25.2 Å². The van der Waals surface area contributed by atoms with Crippen molar-refractivity contribution in [2.24, 2.45) is 0 Å². The number of nitrogens with zero attached hydrogens (tertiary/aromatic N) is 4. The summed E-state index contributed by atoms with van der Waals surface area (Å²) < 4.78 is 41.8. The Bertz CT molecular complexity index is 2120. The average Bonchev–Trinajstić information content (AvgIpc) is 3.35. The third-order valence-corrected chi connectivity index (χ3v) is 10.8. The van der Waals surface area contributed by atoms with Crippen molar-refractivity contribution in [3.63, 3.8) is 0 Å². The van der Waals surface area contributed by atoms with Crippen molar-refractivity contribution >= 4 is 50.2 Å². The maximum absolute atomic E-state index is 15.0. The van der Waals surface area contributed by atoms with E-state index in [2.05, 4.69) is 9.97 Å². The molecule has 5 aromatic rings. The van der Waals surface area contributed by atoms with Crippen molar-refractivity contribution in [3.05, 3.63) is 125 Å². The highest BCUT2D eigenvalue weighted by Gasteiger charge is 2.61. The van der Waals surface area contributed by atoms with Gasteiger partial charge in [-0.05, 0) is 72.9 Å². The molecule has 0 bridgehead atoms. The summed E-state index contributed by atoms with van der Waals surface area (Å²) in [6, 6.07) is 23.0. The molecule has 2 aromatic heterocycles. The molecule has 2 aliphatic rings. The Hall–Kier alpha value is -5.00. The fourth-order valence-electron chi connectivity index (χ4n) is 6.53. The first-order valence-corrected chi connectivity index (χ1v) is 16.8. The van der Waals surface area contributed by atoms with Crippen LogP contribution in [0.15, 0.2) is 108 Å². The third kappa shape index (κ3) is 5.06. The van der Waals surface area contributed by atoms with Gasteiger partial charge >= 0.3 is 6.09 Å². The number of piperidine rings is 1. The number of sulfonamides is 1. The van der Waals surface area contributed by atoms with Gasteiger partial charge in [-0.2, -0.15) is 4.31 Å². The van der Waals surface area contributed by atoms with Crippen LogP contribution in [0.2, 0.25) is 5.02 Å². The number of hydrogen-bond acceptors (Lipinski definition) is 8. The lowest BCUT2D eigenvalue weighted by Crippen LogP contribution is -2.49. The van der Waals surface area contributed by atoms with E-state index in [1.807, 2.05) is 12.1 Å². The molecule has 12 heteroatoms. The molecule has 1 unspecified atom stereocenters. The molecule has 47 heavy (non-hydrogen) atoms. The summed E-state index contributed by atoms with van der Waals surface area (Å²) in [7, 11) is -3.19. The third-order valence-electron chi connectivity index (χ3n) is 8.81. The minimum atomic E-state index is -4.61. The Balaban J connectivity index is 1.35. The molecule has 1 fully saturated rings. The van der Waals surface area contributed by atoms with E-state index in [0.717, 1.165) is 5.56 Å². The van der Waals surface area contributed by atoms with E-state index in [1.165, 1.54) is 42.5 Å². The van der Waals surface area contributed by atoms with E-state index in [0.29, 0.717) is 35.6 Å². The molecule has 1 saturated heterocycles. The van der Waals surface area contributed by atoms with Gasteiger partial charge in [0, 0.05) is 47.7 Å². The van der Waals surface area contributed by atoms with Crippen molar-refractivity contribution in [1.29, 1.82) is 0 Å². The Labute approximate surface area is 276 Å². The molecule has 10 nitrogen and oxygen atoms in total. The van der Waals surface area contributed by atoms with E-state index in [9.17, 15) is 13.2 Å². The lowest BCUT2D eigenvalue weighted by molar-refractivity contribution is -0.132. The second kappa shape index (κ2) is 12.0. The minimum Gasteiger partial charge on any atom is -0.496 e. The van der Waals surface area contributed by atoms with E-state index in [4.69, 9.17) is 21.1 Å². The average molecular weight is 669 g/mol. The summed E-state index contributed by atoms with van der Waals surface area (Å²) >= 11 is 6.50. The van der Waals surface area contributed by atoms with Gasteiger partial charge in [0.25, 0.3) is 15.9 Å². The zero-order valence-electron chi connectivity index (χ0n) is 25.2. The maximum Gasteiger partial charge on any atom is 0.411 e. The van der Waals surface area contributed by atoms with Crippen LogP contribution in [0.4, 0.5) is 10.5 Å². The summed E-state index contributed by atoms with van der Waals surface area (Å²) in [6.45, 7) is 0.738. The number of likely N-dealkylation sites (tertiary alicyclic amines) is 1. The van der Waals surface area contributed by atoms with Crippen molar-refractivity contribution in [2.75, 3.05) is 24.5 Å². The van der Waals surface area contributed by atoms with Crippen molar-refractivity contribution < 1.29 is 27.5 Å². The fourth-order valence-corrected chi connectivity index (χ4v) is 8.33. The molecule has 0 aliphatic carbocycles. The lowest BCUT2D eigenvalue weighted by Gasteiger charge is -2.36. The quantitative estimate of drug-likeness (QED) is 0.207. The number of aromatic nitrogens is 2. The van der Waals surface area contributed by atoms with Gasteiger partial charge < -0.3 is 14.4 Å². The van der Waals surface area contributed by atoms with Crippen LogP contribution >= 0.6 is 11.6 Å². The van der Waals surface area contributed by atoms with E-state index in [1.54, 1.807) is 60.9 Å². The summed E-state index contributed by atoms with van der Waals surface area (Å²) in [4.78, 5) is 38.9. The highest BCUT2D eigenvalue weighted by atomic mass is 35.5. The van der Waals surface area contributed by atoms with Crippen molar-refractivity contribution in [3.8, 4) is 5.75 Å². The number of carbonyl (C=O) groups excluding carboxylic acids is 2. The summed E-state index contributed by atoms with van der Waals surface area (Å²) in [5, 5.41) is 0.797. The number of carbonyl (C=O) groups is 2. The van der Waals surface area contributed by atoms with Gasteiger partial charge in [-0.3, -0.25) is 14.8 Å². The number of ether oxygens (including phenoxy) is 2. The molecule has 1 atom stereocenters. The Morgan fingerprint density at radius 3 is 2.43 bits per heavy atom. The topological polar surface area (TPSA) is 119 Å². The summed E-state index contributed by atoms with van der Waals surface area (Å²) in [5.41, 5.74) is -0.667. The fraction of sp³-hybridized carbons (Fsp3) is 0.200. The maximum atomic E-state index is 15.0. The first-order valence-electron chi connectivity index (χ1n) is 15.0. The van der Waals surface area contributed by atoms with Gasteiger partial charge in [0.2, 0.25) is 5.60 Å². The van der Waals surface area contributed by atoms with Crippen molar-refractivity contribution in [1.82, 2.24) is 14.9 Å². The van der Waals surface area contributed by atoms with Crippen LogP contribution in [0.3, 0.4) is 0 Å². The second-order valence-electron chi connectivity index (χ2n) is 11.4. The molecular formula is C35H29ClN4O6S. The Morgan fingerprint density at radius 2 is 1.66 bits per heavy atom. The number of rotatable bonds is 6. The zero-order valence-corrected chi connectivity index (χ0v) is 26.8. The first kappa shape index (κ1) is 30.6. The predicted molar refractivity (Wildman–Crippen MR) is 176 cm³/mol.